The van der Waals surface area contributed by atoms with Crippen LogP contribution in [0.1, 0.15) is 11.4 Å². The molecule has 0 aliphatic rings. The Labute approximate surface area is 115 Å². The predicted molar refractivity (Wildman–Crippen MR) is 69.3 cm³/mol. The highest BCUT2D eigenvalue weighted by atomic mass is 35.5. The summed E-state index contributed by atoms with van der Waals surface area (Å²) in [6.45, 7) is 0.190. The van der Waals surface area contributed by atoms with Crippen LogP contribution in [-0.2, 0) is 13.7 Å². The van der Waals surface area contributed by atoms with Crippen molar-refractivity contribution in [1.82, 2.24) is 14.8 Å². The molecule has 0 aliphatic heterocycles. The minimum Gasteiger partial charge on any atom is -0.484 e. The molecule has 0 N–H and O–H groups in total. The van der Waals surface area contributed by atoms with Crippen molar-refractivity contribution < 1.29 is 9.13 Å². The zero-order valence-electron chi connectivity index (χ0n) is 10.2. The SMILES string of the molecule is Cn1ncnc1COc1cc(F)ccc1C#CCCl. The second kappa shape index (κ2) is 6.21. The van der Waals surface area contributed by atoms with Crippen molar-refractivity contribution in [2.45, 2.75) is 6.61 Å². The van der Waals surface area contributed by atoms with Gasteiger partial charge in [-0.05, 0) is 12.1 Å². The predicted octanol–water partition coefficient (Wildman–Crippen LogP) is 2.12. The van der Waals surface area contributed by atoms with Gasteiger partial charge in [-0.2, -0.15) is 5.10 Å². The molecule has 2 rings (SSSR count). The lowest BCUT2D eigenvalue weighted by Gasteiger charge is -2.07. The second-order valence-electron chi connectivity index (χ2n) is 3.66. The lowest BCUT2D eigenvalue weighted by Crippen LogP contribution is -2.05. The fraction of sp³-hybridized carbons (Fsp3) is 0.231. The summed E-state index contributed by atoms with van der Waals surface area (Å²) < 4.78 is 20.3. The molecule has 6 heteroatoms. The number of halogens is 2. The summed E-state index contributed by atoms with van der Waals surface area (Å²) in [6, 6.07) is 4.17. The van der Waals surface area contributed by atoms with Crippen LogP contribution < -0.4 is 4.74 Å². The third kappa shape index (κ3) is 3.46. The average Bonchev–Trinajstić information content (AvgIpc) is 2.81. The Kier molecular flexibility index (Phi) is 4.37. The molecule has 0 bridgehead atoms. The second-order valence-corrected chi connectivity index (χ2v) is 3.93. The van der Waals surface area contributed by atoms with Crippen LogP contribution in [-0.4, -0.2) is 20.6 Å². The first-order chi connectivity index (χ1) is 9.20. The summed E-state index contributed by atoms with van der Waals surface area (Å²) in [6.07, 6.45) is 1.43. The Hall–Kier alpha value is -2.06. The molecule has 0 saturated carbocycles. The van der Waals surface area contributed by atoms with Crippen LogP contribution in [0.2, 0.25) is 0 Å². The van der Waals surface area contributed by atoms with E-state index in [1.807, 2.05) is 0 Å². The molecule has 1 heterocycles. The minimum atomic E-state index is -0.385. The van der Waals surface area contributed by atoms with E-state index in [0.29, 0.717) is 17.1 Å². The summed E-state index contributed by atoms with van der Waals surface area (Å²) in [5.41, 5.74) is 0.587. The lowest BCUT2D eigenvalue weighted by atomic mass is 10.2. The van der Waals surface area contributed by atoms with E-state index in [2.05, 4.69) is 21.9 Å². The maximum Gasteiger partial charge on any atom is 0.164 e. The Morgan fingerprint density at radius 2 is 2.32 bits per heavy atom. The first-order valence-corrected chi connectivity index (χ1v) is 6.04. The number of aromatic nitrogens is 3. The van der Waals surface area contributed by atoms with Gasteiger partial charge < -0.3 is 4.74 Å². The fourth-order valence-electron chi connectivity index (χ4n) is 1.44. The number of hydrogen-bond acceptors (Lipinski definition) is 3. The first-order valence-electron chi connectivity index (χ1n) is 5.51. The fourth-order valence-corrected chi connectivity index (χ4v) is 1.51. The van der Waals surface area contributed by atoms with E-state index in [0.717, 1.165) is 0 Å². The van der Waals surface area contributed by atoms with Crippen molar-refractivity contribution in [1.29, 1.82) is 0 Å². The zero-order valence-corrected chi connectivity index (χ0v) is 11.0. The maximum absolute atomic E-state index is 13.2. The van der Waals surface area contributed by atoms with Gasteiger partial charge in [0.1, 0.15) is 24.5 Å². The number of aryl methyl sites for hydroxylation is 1. The van der Waals surface area contributed by atoms with Gasteiger partial charge >= 0.3 is 0 Å². The molecular formula is C13H11ClFN3O. The Morgan fingerprint density at radius 3 is 3.00 bits per heavy atom. The van der Waals surface area contributed by atoms with Gasteiger partial charge in [0, 0.05) is 13.1 Å². The van der Waals surface area contributed by atoms with Crippen molar-refractivity contribution in [3.8, 4) is 17.6 Å². The molecule has 0 atom stereocenters. The van der Waals surface area contributed by atoms with Gasteiger partial charge in [-0.25, -0.2) is 9.37 Å². The molecule has 1 aromatic carbocycles. The Balaban J connectivity index is 2.18. The number of hydrogen-bond donors (Lipinski definition) is 0. The molecule has 0 spiro atoms. The lowest BCUT2D eigenvalue weighted by molar-refractivity contribution is 0.287. The van der Waals surface area contributed by atoms with E-state index in [-0.39, 0.29) is 18.3 Å². The van der Waals surface area contributed by atoms with Gasteiger partial charge in [0.25, 0.3) is 0 Å². The van der Waals surface area contributed by atoms with Crippen molar-refractivity contribution in [3.05, 3.63) is 41.7 Å². The van der Waals surface area contributed by atoms with Crippen molar-refractivity contribution in [2.24, 2.45) is 7.05 Å². The Morgan fingerprint density at radius 1 is 1.47 bits per heavy atom. The molecule has 2 aromatic rings. The van der Waals surface area contributed by atoms with E-state index in [1.165, 1.54) is 18.5 Å². The molecular weight excluding hydrogens is 269 g/mol. The van der Waals surface area contributed by atoms with Crippen molar-refractivity contribution in [2.75, 3.05) is 5.88 Å². The minimum absolute atomic E-state index is 0.190. The van der Waals surface area contributed by atoms with Crippen molar-refractivity contribution >= 4 is 11.6 Å². The number of rotatable bonds is 3. The van der Waals surface area contributed by atoms with Crippen LogP contribution in [0, 0.1) is 17.7 Å². The molecule has 19 heavy (non-hydrogen) atoms. The summed E-state index contributed by atoms with van der Waals surface area (Å²) in [7, 11) is 1.76. The van der Waals surface area contributed by atoms with E-state index >= 15 is 0 Å². The standard InChI is InChI=1S/C13H11ClFN3O/c1-18-13(16-9-17-18)8-19-12-7-11(15)5-4-10(12)3-2-6-14/h4-5,7,9H,6,8H2,1H3. The molecule has 0 amide bonds. The number of benzene rings is 1. The summed E-state index contributed by atoms with van der Waals surface area (Å²) >= 11 is 5.50. The molecule has 1 aromatic heterocycles. The summed E-state index contributed by atoms with van der Waals surface area (Å²) in [4.78, 5) is 4.02. The van der Waals surface area contributed by atoms with Gasteiger partial charge in [-0.15, -0.1) is 11.6 Å². The normalized spacial score (nSPS) is 9.84. The third-order valence-corrected chi connectivity index (χ3v) is 2.53. The van der Waals surface area contributed by atoms with Crippen LogP contribution in [0.25, 0.3) is 0 Å². The highest BCUT2D eigenvalue weighted by Gasteiger charge is 2.06. The molecule has 0 fully saturated rings. The largest absolute Gasteiger partial charge is 0.484 e. The smallest absolute Gasteiger partial charge is 0.164 e. The zero-order chi connectivity index (χ0) is 13.7. The highest BCUT2D eigenvalue weighted by Crippen LogP contribution is 2.20. The van der Waals surface area contributed by atoms with E-state index in [9.17, 15) is 4.39 Å². The summed E-state index contributed by atoms with van der Waals surface area (Å²) in [5, 5.41) is 3.92. The molecule has 0 unspecified atom stereocenters. The topological polar surface area (TPSA) is 39.9 Å². The van der Waals surface area contributed by atoms with Gasteiger partial charge in [-0.1, -0.05) is 11.8 Å². The number of nitrogens with zero attached hydrogens (tertiary/aromatic N) is 3. The number of ether oxygens (including phenoxy) is 1. The van der Waals surface area contributed by atoms with E-state index in [1.54, 1.807) is 17.8 Å². The van der Waals surface area contributed by atoms with Crippen LogP contribution >= 0.6 is 11.6 Å². The molecule has 0 saturated heterocycles. The van der Waals surface area contributed by atoms with Crippen LogP contribution in [0.5, 0.6) is 5.75 Å². The highest BCUT2D eigenvalue weighted by molar-refractivity contribution is 6.19. The summed E-state index contributed by atoms with van der Waals surface area (Å²) in [5.74, 6) is 6.35. The van der Waals surface area contributed by atoms with E-state index in [4.69, 9.17) is 16.3 Å². The monoisotopic (exact) mass is 279 g/mol. The Bertz CT molecular complexity index is 630. The number of alkyl halides is 1. The molecule has 0 radical (unpaired) electrons. The first kappa shape index (κ1) is 13.4. The van der Waals surface area contributed by atoms with Crippen LogP contribution in [0.4, 0.5) is 4.39 Å². The van der Waals surface area contributed by atoms with Crippen LogP contribution in [0.3, 0.4) is 0 Å². The van der Waals surface area contributed by atoms with Gasteiger partial charge in [-0.3, -0.25) is 4.68 Å². The van der Waals surface area contributed by atoms with Gasteiger partial charge in [0.05, 0.1) is 11.4 Å². The molecule has 0 aliphatic carbocycles. The van der Waals surface area contributed by atoms with Gasteiger partial charge in [0.2, 0.25) is 0 Å². The quantitative estimate of drug-likeness (QED) is 0.638. The molecule has 98 valence electrons. The molecule has 4 nitrogen and oxygen atoms in total. The van der Waals surface area contributed by atoms with E-state index < -0.39 is 0 Å². The maximum atomic E-state index is 13.2. The average molecular weight is 280 g/mol. The van der Waals surface area contributed by atoms with Gasteiger partial charge in [0.15, 0.2) is 5.82 Å². The van der Waals surface area contributed by atoms with Crippen LogP contribution in [0.15, 0.2) is 24.5 Å². The third-order valence-electron chi connectivity index (χ3n) is 2.40. The van der Waals surface area contributed by atoms with Crippen molar-refractivity contribution in [3.63, 3.8) is 0 Å².